The van der Waals surface area contributed by atoms with Gasteiger partial charge in [-0.3, -0.25) is 0 Å². The Labute approximate surface area is 115 Å². The predicted molar refractivity (Wildman–Crippen MR) is 79.3 cm³/mol. The monoisotopic (exact) mass is 282 g/mol. The van der Waals surface area contributed by atoms with E-state index < -0.39 is 9.84 Å². The Balaban J connectivity index is 2.18. The number of rotatable bonds is 4. The highest BCUT2D eigenvalue weighted by atomic mass is 32.2. The normalized spacial score (nSPS) is 23.2. The van der Waals surface area contributed by atoms with Gasteiger partial charge in [0.25, 0.3) is 0 Å². The maximum atomic E-state index is 11.6. The third-order valence-electron chi connectivity index (χ3n) is 3.82. The first-order chi connectivity index (χ1) is 8.93. The molecule has 19 heavy (non-hydrogen) atoms. The van der Waals surface area contributed by atoms with Crippen LogP contribution < -0.4 is 10.2 Å². The van der Waals surface area contributed by atoms with Crippen LogP contribution in [-0.4, -0.2) is 41.1 Å². The molecule has 0 aliphatic carbocycles. The van der Waals surface area contributed by atoms with Crippen LogP contribution in [0.5, 0.6) is 0 Å². The molecule has 2 unspecified atom stereocenters. The average molecular weight is 282 g/mol. The lowest BCUT2D eigenvalue weighted by atomic mass is 9.92. The van der Waals surface area contributed by atoms with Gasteiger partial charge in [-0.1, -0.05) is 12.1 Å². The van der Waals surface area contributed by atoms with Crippen molar-refractivity contribution in [2.75, 3.05) is 37.5 Å². The molecule has 2 atom stereocenters. The Hall–Kier alpha value is -1.07. The molecule has 106 valence electrons. The van der Waals surface area contributed by atoms with Gasteiger partial charge >= 0.3 is 0 Å². The van der Waals surface area contributed by atoms with E-state index in [9.17, 15) is 8.42 Å². The number of nitrogens with zero attached hydrogens (tertiary/aromatic N) is 1. The highest BCUT2D eigenvalue weighted by molar-refractivity contribution is 7.91. The van der Waals surface area contributed by atoms with Crippen molar-refractivity contribution in [1.29, 1.82) is 0 Å². The van der Waals surface area contributed by atoms with E-state index >= 15 is 0 Å². The molecule has 1 saturated heterocycles. The Kier molecular flexibility index (Phi) is 4.16. The Morgan fingerprint density at radius 3 is 2.32 bits per heavy atom. The predicted octanol–water partition coefficient (Wildman–Crippen LogP) is 1.45. The van der Waals surface area contributed by atoms with Gasteiger partial charge in [0.1, 0.15) is 0 Å². The van der Waals surface area contributed by atoms with E-state index in [-0.39, 0.29) is 12.0 Å². The van der Waals surface area contributed by atoms with Crippen LogP contribution in [0.25, 0.3) is 0 Å². The molecule has 1 aromatic carbocycles. The summed E-state index contributed by atoms with van der Waals surface area (Å²) in [4.78, 5) is 2.05. The molecule has 1 heterocycles. The number of benzene rings is 1. The van der Waals surface area contributed by atoms with Crippen molar-refractivity contribution in [3.63, 3.8) is 0 Å². The first kappa shape index (κ1) is 14.3. The van der Waals surface area contributed by atoms with Crippen LogP contribution in [0.2, 0.25) is 0 Å². The largest absolute Gasteiger partial charge is 0.378 e. The molecule has 0 aromatic heterocycles. The molecule has 4 nitrogen and oxygen atoms in total. The maximum absolute atomic E-state index is 11.6. The molecule has 1 aliphatic heterocycles. The zero-order valence-electron chi connectivity index (χ0n) is 11.8. The molecule has 5 heteroatoms. The van der Waals surface area contributed by atoms with E-state index in [1.54, 1.807) is 0 Å². The zero-order valence-corrected chi connectivity index (χ0v) is 12.6. The minimum atomic E-state index is -2.83. The van der Waals surface area contributed by atoms with E-state index in [0.717, 1.165) is 17.7 Å². The average Bonchev–Trinajstić information content (AvgIpc) is 2.71. The van der Waals surface area contributed by atoms with Crippen molar-refractivity contribution >= 4 is 15.5 Å². The van der Waals surface area contributed by atoms with Crippen LogP contribution in [0.3, 0.4) is 0 Å². The molecule has 0 bridgehead atoms. The van der Waals surface area contributed by atoms with Crippen molar-refractivity contribution in [2.24, 2.45) is 5.92 Å². The van der Waals surface area contributed by atoms with Crippen molar-refractivity contribution in [2.45, 2.75) is 12.5 Å². The lowest BCUT2D eigenvalue weighted by Gasteiger charge is -2.23. The summed E-state index contributed by atoms with van der Waals surface area (Å²) in [6, 6.07) is 8.43. The fourth-order valence-electron chi connectivity index (χ4n) is 2.74. The summed E-state index contributed by atoms with van der Waals surface area (Å²) in [6.45, 7) is 0. The van der Waals surface area contributed by atoms with Gasteiger partial charge in [-0.05, 0) is 37.1 Å². The molecule has 1 N–H and O–H groups in total. The summed E-state index contributed by atoms with van der Waals surface area (Å²) in [5.41, 5.74) is 2.31. The topological polar surface area (TPSA) is 49.4 Å². The third kappa shape index (κ3) is 3.28. The zero-order chi connectivity index (χ0) is 14.0. The van der Waals surface area contributed by atoms with Crippen LogP contribution in [0, 0.1) is 5.92 Å². The van der Waals surface area contributed by atoms with Gasteiger partial charge in [0, 0.05) is 25.8 Å². The van der Waals surface area contributed by atoms with Crippen LogP contribution in [0.1, 0.15) is 18.0 Å². The minimum absolute atomic E-state index is 0.119. The van der Waals surface area contributed by atoms with E-state index in [4.69, 9.17) is 0 Å². The van der Waals surface area contributed by atoms with Crippen LogP contribution >= 0.6 is 0 Å². The molecule has 0 spiro atoms. The summed E-state index contributed by atoms with van der Waals surface area (Å²) in [5, 5.41) is 3.27. The summed E-state index contributed by atoms with van der Waals surface area (Å²) in [7, 11) is 3.09. The highest BCUT2D eigenvalue weighted by Crippen LogP contribution is 2.31. The van der Waals surface area contributed by atoms with Crippen molar-refractivity contribution in [1.82, 2.24) is 5.32 Å². The van der Waals surface area contributed by atoms with Crippen molar-refractivity contribution in [3.05, 3.63) is 29.8 Å². The third-order valence-corrected chi connectivity index (χ3v) is 5.61. The van der Waals surface area contributed by atoms with Crippen LogP contribution in [-0.2, 0) is 9.84 Å². The summed E-state index contributed by atoms with van der Waals surface area (Å²) in [5.74, 6) is 0.805. The highest BCUT2D eigenvalue weighted by Gasteiger charge is 2.33. The lowest BCUT2D eigenvalue weighted by molar-refractivity contribution is 0.418. The lowest BCUT2D eigenvalue weighted by Crippen LogP contribution is -2.26. The smallest absolute Gasteiger partial charge is 0.150 e. The Bertz CT molecular complexity index is 523. The van der Waals surface area contributed by atoms with Crippen molar-refractivity contribution < 1.29 is 8.42 Å². The molecule has 1 aromatic rings. The fraction of sp³-hybridized carbons (Fsp3) is 0.571. The van der Waals surface area contributed by atoms with Gasteiger partial charge in [-0.15, -0.1) is 0 Å². The van der Waals surface area contributed by atoms with E-state index in [0.29, 0.717) is 11.5 Å². The summed E-state index contributed by atoms with van der Waals surface area (Å²) in [6.07, 6.45) is 0.753. The van der Waals surface area contributed by atoms with Gasteiger partial charge in [0.15, 0.2) is 9.84 Å². The number of nitrogens with one attached hydrogen (secondary N) is 1. The number of hydrogen-bond acceptors (Lipinski definition) is 4. The molecule has 1 fully saturated rings. The fourth-order valence-corrected chi connectivity index (χ4v) is 4.58. The van der Waals surface area contributed by atoms with Crippen LogP contribution in [0.15, 0.2) is 24.3 Å². The van der Waals surface area contributed by atoms with Gasteiger partial charge in [0.05, 0.1) is 11.5 Å². The SMILES string of the molecule is CNC(c1ccc(N(C)C)cc1)C1CCS(=O)(=O)C1. The number of sulfone groups is 1. The second-order valence-electron chi connectivity index (χ2n) is 5.42. The second kappa shape index (κ2) is 5.51. The van der Waals surface area contributed by atoms with E-state index in [2.05, 4.69) is 34.5 Å². The van der Waals surface area contributed by atoms with Gasteiger partial charge < -0.3 is 10.2 Å². The van der Waals surface area contributed by atoms with Gasteiger partial charge in [-0.25, -0.2) is 8.42 Å². The molecule has 0 radical (unpaired) electrons. The van der Waals surface area contributed by atoms with Gasteiger partial charge in [-0.2, -0.15) is 0 Å². The van der Waals surface area contributed by atoms with E-state index in [1.165, 1.54) is 0 Å². The standard InChI is InChI=1S/C14H22N2O2S/c1-15-14(12-8-9-19(17,18)10-12)11-4-6-13(7-5-11)16(2)3/h4-7,12,14-15H,8-10H2,1-3H3. The minimum Gasteiger partial charge on any atom is -0.378 e. The Morgan fingerprint density at radius 2 is 1.89 bits per heavy atom. The summed E-state index contributed by atoms with van der Waals surface area (Å²) < 4.78 is 23.2. The molecule has 2 rings (SSSR count). The Morgan fingerprint density at radius 1 is 1.26 bits per heavy atom. The first-order valence-corrected chi connectivity index (χ1v) is 8.40. The van der Waals surface area contributed by atoms with E-state index in [1.807, 2.05) is 21.1 Å². The molecular weight excluding hydrogens is 260 g/mol. The summed E-state index contributed by atoms with van der Waals surface area (Å²) >= 11 is 0. The quantitative estimate of drug-likeness (QED) is 0.908. The maximum Gasteiger partial charge on any atom is 0.150 e. The second-order valence-corrected chi connectivity index (χ2v) is 7.64. The van der Waals surface area contributed by atoms with Crippen LogP contribution in [0.4, 0.5) is 5.69 Å². The van der Waals surface area contributed by atoms with Crippen molar-refractivity contribution in [3.8, 4) is 0 Å². The first-order valence-electron chi connectivity index (χ1n) is 6.58. The number of hydrogen-bond donors (Lipinski definition) is 1. The molecule has 1 aliphatic rings. The molecule has 0 amide bonds. The number of anilines is 1. The molecular formula is C14H22N2O2S. The molecule has 0 saturated carbocycles. The van der Waals surface area contributed by atoms with Gasteiger partial charge in [0.2, 0.25) is 0 Å².